The molecule has 2 rings (SSSR count). The van der Waals surface area contributed by atoms with Gasteiger partial charge in [-0.1, -0.05) is 0 Å². The van der Waals surface area contributed by atoms with E-state index < -0.39 is 4.92 Å². The van der Waals surface area contributed by atoms with E-state index in [1.165, 1.54) is 6.07 Å². The Hall–Kier alpha value is -1.66. The molecule has 1 aromatic rings. The van der Waals surface area contributed by atoms with E-state index in [1.807, 2.05) is 0 Å². The first-order chi connectivity index (χ1) is 8.66. The molecule has 0 bridgehead atoms. The van der Waals surface area contributed by atoms with Gasteiger partial charge in [-0.05, 0) is 25.5 Å². The summed E-state index contributed by atoms with van der Waals surface area (Å²) in [7, 11) is 0. The molecule has 1 saturated heterocycles. The molecule has 0 aliphatic carbocycles. The van der Waals surface area contributed by atoms with Crippen molar-refractivity contribution in [3.8, 4) is 0 Å². The Morgan fingerprint density at radius 3 is 3.06 bits per heavy atom. The van der Waals surface area contributed by atoms with Crippen LogP contribution in [-0.2, 0) is 9.57 Å². The third kappa shape index (κ3) is 3.18. The van der Waals surface area contributed by atoms with Crippen LogP contribution in [0.15, 0.2) is 18.2 Å². The molecule has 1 aliphatic heterocycles. The molecule has 1 N–H and O–H groups in total. The second-order valence-electron chi connectivity index (χ2n) is 4.40. The van der Waals surface area contributed by atoms with Crippen LogP contribution in [0.4, 0.5) is 11.4 Å². The van der Waals surface area contributed by atoms with Gasteiger partial charge in [0.05, 0.1) is 23.8 Å². The lowest BCUT2D eigenvalue weighted by atomic mass is 10.1. The summed E-state index contributed by atoms with van der Waals surface area (Å²) >= 11 is 0. The van der Waals surface area contributed by atoms with E-state index in [1.54, 1.807) is 19.1 Å². The normalized spacial score (nSPS) is 18.8. The molecule has 1 atom stereocenters. The Balaban J connectivity index is 1.85. The highest BCUT2D eigenvalue weighted by Gasteiger charge is 2.16. The number of ether oxygens (including phenoxy) is 1. The number of nitrogens with one attached hydrogen (secondary N) is 1. The zero-order valence-electron chi connectivity index (χ0n) is 10.2. The predicted molar refractivity (Wildman–Crippen MR) is 66.3 cm³/mol. The summed E-state index contributed by atoms with van der Waals surface area (Å²) in [6, 6.07) is 4.80. The van der Waals surface area contributed by atoms with Gasteiger partial charge in [0.15, 0.2) is 0 Å². The predicted octanol–water partition coefficient (Wildman–Crippen LogP) is 2.28. The quantitative estimate of drug-likeness (QED) is 0.642. The third-order valence-electron chi connectivity index (χ3n) is 2.93. The first-order valence-corrected chi connectivity index (χ1v) is 5.87. The third-order valence-corrected chi connectivity index (χ3v) is 2.93. The minimum Gasteiger partial charge on any atom is -0.381 e. The number of nitro benzene ring substituents is 1. The first kappa shape index (κ1) is 12.8. The van der Waals surface area contributed by atoms with Crippen molar-refractivity contribution < 1.29 is 14.5 Å². The minimum absolute atomic E-state index is 0.116. The molecule has 6 nitrogen and oxygen atoms in total. The summed E-state index contributed by atoms with van der Waals surface area (Å²) < 4.78 is 5.24. The van der Waals surface area contributed by atoms with Crippen LogP contribution in [0.3, 0.4) is 0 Å². The number of hydrogen-bond acceptors (Lipinski definition) is 5. The van der Waals surface area contributed by atoms with Crippen LogP contribution in [0, 0.1) is 23.0 Å². The van der Waals surface area contributed by atoms with Crippen molar-refractivity contribution in [2.45, 2.75) is 13.3 Å². The van der Waals surface area contributed by atoms with Gasteiger partial charge >= 0.3 is 0 Å². The van der Waals surface area contributed by atoms with Gasteiger partial charge in [0.25, 0.3) is 5.69 Å². The standard InChI is InChI=1S/C12H16N2O4/c1-9-6-11(2-3-12(9)14(15)16)13-18-8-10-4-5-17-7-10/h2-3,6,10,13H,4-5,7-8H2,1H3. The molecule has 98 valence electrons. The zero-order chi connectivity index (χ0) is 13.0. The molecule has 1 aromatic carbocycles. The van der Waals surface area contributed by atoms with Crippen molar-refractivity contribution in [1.82, 2.24) is 0 Å². The summed E-state index contributed by atoms with van der Waals surface area (Å²) in [5, 5.41) is 10.7. The van der Waals surface area contributed by atoms with Gasteiger partial charge in [0.2, 0.25) is 0 Å². The SMILES string of the molecule is Cc1cc(NOCC2CCOC2)ccc1[N+](=O)[O-]. The molecular formula is C12H16N2O4. The summed E-state index contributed by atoms with van der Waals surface area (Å²) in [4.78, 5) is 15.6. The van der Waals surface area contributed by atoms with Crippen molar-refractivity contribution in [2.24, 2.45) is 5.92 Å². The molecule has 6 heteroatoms. The van der Waals surface area contributed by atoms with Crippen molar-refractivity contribution in [3.05, 3.63) is 33.9 Å². The molecular weight excluding hydrogens is 236 g/mol. The van der Waals surface area contributed by atoms with Crippen LogP contribution in [0.2, 0.25) is 0 Å². The van der Waals surface area contributed by atoms with Crippen LogP contribution >= 0.6 is 0 Å². The van der Waals surface area contributed by atoms with Crippen LogP contribution in [0.5, 0.6) is 0 Å². The molecule has 18 heavy (non-hydrogen) atoms. The van der Waals surface area contributed by atoms with Crippen LogP contribution in [0.1, 0.15) is 12.0 Å². The van der Waals surface area contributed by atoms with E-state index in [4.69, 9.17) is 9.57 Å². The number of benzene rings is 1. The highest BCUT2D eigenvalue weighted by atomic mass is 16.6. The topological polar surface area (TPSA) is 73.6 Å². The van der Waals surface area contributed by atoms with Crippen molar-refractivity contribution in [1.29, 1.82) is 0 Å². The zero-order valence-corrected chi connectivity index (χ0v) is 10.2. The highest BCUT2D eigenvalue weighted by molar-refractivity contribution is 5.52. The van der Waals surface area contributed by atoms with Gasteiger partial charge in [0.1, 0.15) is 0 Å². The van der Waals surface area contributed by atoms with Crippen molar-refractivity contribution in [2.75, 3.05) is 25.3 Å². The molecule has 1 unspecified atom stereocenters. The van der Waals surface area contributed by atoms with E-state index in [-0.39, 0.29) is 5.69 Å². The maximum absolute atomic E-state index is 10.7. The van der Waals surface area contributed by atoms with Crippen molar-refractivity contribution >= 4 is 11.4 Å². The van der Waals surface area contributed by atoms with E-state index in [0.717, 1.165) is 25.3 Å². The average molecular weight is 252 g/mol. The number of nitrogens with zero attached hydrogens (tertiary/aromatic N) is 1. The van der Waals surface area contributed by atoms with Gasteiger partial charge in [-0.2, -0.15) is 0 Å². The molecule has 0 saturated carbocycles. The summed E-state index contributed by atoms with van der Waals surface area (Å²) in [6.07, 6.45) is 1.01. The molecule has 0 aromatic heterocycles. The van der Waals surface area contributed by atoms with Gasteiger partial charge < -0.3 is 4.74 Å². The fourth-order valence-electron chi connectivity index (χ4n) is 1.88. The Morgan fingerprint density at radius 1 is 1.61 bits per heavy atom. The number of anilines is 1. The molecule has 1 aliphatic rings. The van der Waals surface area contributed by atoms with Crippen LogP contribution in [0.25, 0.3) is 0 Å². The average Bonchev–Trinajstić information content (AvgIpc) is 2.81. The van der Waals surface area contributed by atoms with Gasteiger partial charge in [-0.25, -0.2) is 0 Å². The number of aryl methyl sites for hydroxylation is 1. The van der Waals surface area contributed by atoms with Crippen molar-refractivity contribution in [3.63, 3.8) is 0 Å². The van der Waals surface area contributed by atoms with Crippen LogP contribution < -0.4 is 5.48 Å². The molecule has 0 amide bonds. The Morgan fingerprint density at radius 2 is 2.44 bits per heavy atom. The maximum atomic E-state index is 10.7. The highest BCUT2D eigenvalue weighted by Crippen LogP contribution is 2.21. The summed E-state index contributed by atoms with van der Waals surface area (Å²) in [5.41, 5.74) is 4.24. The lowest BCUT2D eigenvalue weighted by Crippen LogP contribution is -2.12. The van der Waals surface area contributed by atoms with Gasteiger partial charge in [-0.3, -0.25) is 20.4 Å². The van der Waals surface area contributed by atoms with Gasteiger partial charge in [0, 0.05) is 24.2 Å². The summed E-state index contributed by atoms with van der Waals surface area (Å²) in [6.45, 7) is 3.82. The monoisotopic (exact) mass is 252 g/mol. The lowest BCUT2D eigenvalue weighted by molar-refractivity contribution is -0.385. The Labute approximate surface area is 105 Å². The Bertz CT molecular complexity index is 430. The fourth-order valence-corrected chi connectivity index (χ4v) is 1.88. The molecule has 1 fully saturated rings. The van der Waals surface area contributed by atoms with E-state index in [2.05, 4.69) is 5.48 Å². The number of nitro groups is 1. The van der Waals surface area contributed by atoms with E-state index in [0.29, 0.717) is 18.1 Å². The maximum Gasteiger partial charge on any atom is 0.272 e. The van der Waals surface area contributed by atoms with Crippen LogP contribution in [-0.4, -0.2) is 24.7 Å². The van der Waals surface area contributed by atoms with E-state index in [9.17, 15) is 10.1 Å². The summed E-state index contributed by atoms with van der Waals surface area (Å²) in [5.74, 6) is 0.427. The first-order valence-electron chi connectivity index (χ1n) is 5.87. The minimum atomic E-state index is -0.393. The fraction of sp³-hybridized carbons (Fsp3) is 0.500. The van der Waals surface area contributed by atoms with E-state index >= 15 is 0 Å². The second kappa shape index (κ2) is 5.79. The number of hydrogen-bond donors (Lipinski definition) is 1. The molecule has 1 heterocycles. The lowest BCUT2D eigenvalue weighted by Gasteiger charge is -2.10. The molecule has 0 spiro atoms. The smallest absolute Gasteiger partial charge is 0.272 e. The van der Waals surface area contributed by atoms with Gasteiger partial charge in [-0.15, -0.1) is 0 Å². The second-order valence-corrected chi connectivity index (χ2v) is 4.40. The Kier molecular flexibility index (Phi) is 4.11. The molecule has 0 radical (unpaired) electrons. The largest absolute Gasteiger partial charge is 0.381 e. The number of rotatable bonds is 5.